The molecule has 1 aliphatic heterocycles. The van der Waals surface area contributed by atoms with E-state index in [1.54, 1.807) is 4.31 Å². The number of rotatable bonds is 6. The molecule has 0 unspecified atom stereocenters. The van der Waals surface area contributed by atoms with Crippen LogP contribution in [0.5, 0.6) is 0 Å². The van der Waals surface area contributed by atoms with Crippen LogP contribution in [0.1, 0.15) is 19.8 Å². The van der Waals surface area contributed by atoms with Crippen LogP contribution in [0.4, 0.5) is 0 Å². The Kier molecular flexibility index (Phi) is 6.25. The van der Waals surface area contributed by atoms with Crippen LogP contribution in [0.2, 0.25) is 0 Å². The number of hydrogen-bond acceptors (Lipinski definition) is 3. The second-order valence-corrected chi connectivity index (χ2v) is 6.75. The Bertz CT molecular complexity index is 286. The predicted molar refractivity (Wildman–Crippen MR) is 68.4 cm³/mol. The Labute approximate surface area is 107 Å². The summed E-state index contributed by atoms with van der Waals surface area (Å²) in [5, 5.41) is 0.972. The van der Waals surface area contributed by atoms with Gasteiger partial charge in [0.15, 0.2) is 0 Å². The van der Waals surface area contributed by atoms with Crippen molar-refractivity contribution >= 4 is 26.0 Å². The van der Waals surface area contributed by atoms with Gasteiger partial charge >= 0.3 is 0 Å². The fourth-order valence-corrected chi connectivity index (χ4v) is 3.78. The quantitative estimate of drug-likeness (QED) is 0.551. The van der Waals surface area contributed by atoms with Gasteiger partial charge < -0.3 is 4.74 Å². The molecule has 0 N–H and O–H groups in total. The summed E-state index contributed by atoms with van der Waals surface area (Å²) in [6.45, 7) is 4.06. The predicted octanol–water partition coefficient (Wildman–Crippen LogP) is 1.46. The maximum Gasteiger partial charge on any atom is 0.216 e. The number of nitrogens with zero attached hydrogens (tertiary/aromatic N) is 1. The van der Waals surface area contributed by atoms with Gasteiger partial charge in [-0.3, -0.25) is 0 Å². The van der Waals surface area contributed by atoms with Crippen molar-refractivity contribution in [2.75, 3.05) is 37.4 Å². The van der Waals surface area contributed by atoms with Crippen molar-refractivity contribution in [2.24, 2.45) is 5.92 Å². The van der Waals surface area contributed by atoms with Crippen molar-refractivity contribution < 1.29 is 13.2 Å². The first-order valence-corrected chi connectivity index (χ1v) is 8.44. The molecule has 0 radical (unpaired) electrons. The third kappa shape index (κ3) is 4.31. The van der Waals surface area contributed by atoms with Gasteiger partial charge in [0.1, 0.15) is 0 Å². The van der Waals surface area contributed by atoms with E-state index < -0.39 is 10.0 Å². The third-order valence-electron chi connectivity index (χ3n) is 2.87. The van der Waals surface area contributed by atoms with Gasteiger partial charge in [-0.2, -0.15) is 0 Å². The molecule has 0 atom stereocenters. The first kappa shape index (κ1) is 14.4. The highest BCUT2D eigenvalue weighted by molar-refractivity contribution is 9.09. The molecule has 96 valence electrons. The van der Waals surface area contributed by atoms with Crippen molar-refractivity contribution in [3.8, 4) is 0 Å². The van der Waals surface area contributed by atoms with Crippen molar-refractivity contribution in [2.45, 2.75) is 19.8 Å². The molecule has 1 aliphatic rings. The van der Waals surface area contributed by atoms with E-state index in [2.05, 4.69) is 15.9 Å². The summed E-state index contributed by atoms with van der Waals surface area (Å²) in [4.78, 5) is 0. The van der Waals surface area contributed by atoms with Crippen molar-refractivity contribution in [1.82, 2.24) is 4.31 Å². The molecule has 1 rings (SSSR count). The fourth-order valence-electron chi connectivity index (χ4n) is 1.78. The molecule has 1 fully saturated rings. The topological polar surface area (TPSA) is 46.6 Å². The zero-order chi connectivity index (χ0) is 12.0. The van der Waals surface area contributed by atoms with E-state index in [0.717, 1.165) is 18.2 Å². The Morgan fingerprint density at radius 3 is 2.50 bits per heavy atom. The van der Waals surface area contributed by atoms with E-state index in [0.29, 0.717) is 32.2 Å². The summed E-state index contributed by atoms with van der Waals surface area (Å²) in [6, 6.07) is 0. The van der Waals surface area contributed by atoms with Crippen LogP contribution >= 0.6 is 15.9 Å². The molecular formula is C10H20BrNO3S. The highest BCUT2D eigenvalue weighted by atomic mass is 79.9. The van der Waals surface area contributed by atoms with Gasteiger partial charge in [-0.25, -0.2) is 12.7 Å². The smallest absolute Gasteiger partial charge is 0.216 e. The van der Waals surface area contributed by atoms with Crippen molar-refractivity contribution in [3.05, 3.63) is 0 Å². The van der Waals surface area contributed by atoms with Crippen LogP contribution in [0.3, 0.4) is 0 Å². The van der Waals surface area contributed by atoms with Crippen LogP contribution in [0, 0.1) is 5.92 Å². The van der Waals surface area contributed by atoms with Crippen LogP contribution in [0.15, 0.2) is 0 Å². The van der Waals surface area contributed by atoms with Gasteiger partial charge in [0.25, 0.3) is 0 Å². The molecule has 0 saturated carbocycles. The average Bonchev–Trinajstić information content (AvgIpc) is 2.29. The lowest BCUT2D eigenvalue weighted by molar-refractivity contribution is 0.162. The summed E-state index contributed by atoms with van der Waals surface area (Å²) in [7, 11) is -3.09. The Morgan fingerprint density at radius 2 is 2.00 bits per heavy atom. The molecule has 0 aliphatic carbocycles. The molecule has 0 aromatic rings. The van der Waals surface area contributed by atoms with E-state index in [1.165, 1.54) is 0 Å². The number of hydrogen-bond donors (Lipinski definition) is 0. The monoisotopic (exact) mass is 313 g/mol. The highest BCUT2D eigenvalue weighted by Crippen LogP contribution is 2.21. The number of ether oxygens (including phenoxy) is 1. The molecule has 6 heteroatoms. The first-order valence-electron chi connectivity index (χ1n) is 5.71. The second kappa shape index (κ2) is 6.93. The number of halogens is 1. The van der Waals surface area contributed by atoms with Crippen LogP contribution in [0.25, 0.3) is 0 Å². The molecule has 4 nitrogen and oxygen atoms in total. The maximum absolute atomic E-state index is 11.9. The van der Waals surface area contributed by atoms with Gasteiger partial charge in [0, 0.05) is 25.0 Å². The van der Waals surface area contributed by atoms with E-state index in [-0.39, 0.29) is 5.75 Å². The summed E-state index contributed by atoms with van der Waals surface area (Å²) in [6.07, 6.45) is 1.91. The number of sulfonamides is 1. The summed E-state index contributed by atoms with van der Waals surface area (Å²) >= 11 is 3.44. The minimum absolute atomic E-state index is 0.111. The van der Waals surface area contributed by atoms with E-state index in [4.69, 9.17) is 4.74 Å². The van der Waals surface area contributed by atoms with E-state index in [1.807, 2.05) is 6.92 Å². The van der Waals surface area contributed by atoms with Crippen molar-refractivity contribution in [1.29, 1.82) is 0 Å². The third-order valence-corrected chi connectivity index (χ3v) is 5.63. The molecule has 1 heterocycles. The minimum Gasteiger partial charge on any atom is -0.381 e. The lowest BCUT2D eigenvalue weighted by Gasteiger charge is -2.30. The average molecular weight is 314 g/mol. The lowest BCUT2D eigenvalue weighted by atomic mass is 10.0. The van der Waals surface area contributed by atoms with Crippen LogP contribution in [-0.2, 0) is 14.8 Å². The maximum atomic E-state index is 11.9. The standard InChI is InChI=1S/C10H20BrNO3S/c1-2-15-7-8-16(13,14)12-5-3-10(9-11)4-6-12/h10H,2-9H2,1H3. The second-order valence-electron chi connectivity index (χ2n) is 4.01. The zero-order valence-electron chi connectivity index (χ0n) is 9.69. The normalized spacial score (nSPS) is 20.1. The van der Waals surface area contributed by atoms with Gasteiger partial charge in [-0.05, 0) is 25.7 Å². The minimum atomic E-state index is -3.09. The summed E-state index contributed by atoms with van der Waals surface area (Å²) in [5.74, 6) is 0.734. The summed E-state index contributed by atoms with van der Waals surface area (Å²) in [5.41, 5.74) is 0. The van der Waals surface area contributed by atoms with Gasteiger partial charge in [-0.1, -0.05) is 15.9 Å². The zero-order valence-corrected chi connectivity index (χ0v) is 12.1. The van der Waals surface area contributed by atoms with Crippen LogP contribution < -0.4 is 0 Å². The first-order chi connectivity index (χ1) is 7.60. The Hall–Kier alpha value is 0.350. The van der Waals surface area contributed by atoms with E-state index >= 15 is 0 Å². The van der Waals surface area contributed by atoms with Gasteiger partial charge in [-0.15, -0.1) is 0 Å². The lowest BCUT2D eigenvalue weighted by Crippen LogP contribution is -2.40. The summed E-state index contributed by atoms with van der Waals surface area (Å²) < 4.78 is 30.5. The Balaban J connectivity index is 2.39. The molecule has 1 saturated heterocycles. The number of alkyl halides is 1. The number of piperidine rings is 1. The largest absolute Gasteiger partial charge is 0.381 e. The fraction of sp³-hybridized carbons (Fsp3) is 1.00. The molecule has 0 aromatic carbocycles. The van der Waals surface area contributed by atoms with Gasteiger partial charge in [0.2, 0.25) is 10.0 Å². The Morgan fingerprint density at radius 1 is 1.38 bits per heavy atom. The molecule has 0 bridgehead atoms. The molecule has 0 spiro atoms. The SMILES string of the molecule is CCOCCS(=O)(=O)N1CCC(CBr)CC1. The molecule has 0 aromatic heterocycles. The van der Waals surface area contributed by atoms with Gasteiger partial charge in [0.05, 0.1) is 12.4 Å². The molecule has 0 amide bonds. The van der Waals surface area contributed by atoms with E-state index in [9.17, 15) is 8.42 Å². The molecular weight excluding hydrogens is 294 g/mol. The van der Waals surface area contributed by atoms with Crippen LogP contribution in [-0.4, -0.2) is 50.1 Å². The highest BCUT2D eigenvalue weighted by Gasteiger charge is 2.27. The molecule has 16 heavy (non-hydrogen) atoms. The van der Waals surface area contributed by atoms with Crippen molar-refractivity contribution in [3.63, 3.8) is 0 Å².